The van der Waals surface area contributed by atoms with Crippen LogP contribution in [0.5, 0.6) is 0 Å². The summed E-state index contributed by atoms with van der Waals surface area (Å²) in [6.45, 7) is 1.77. The molecule has 3 rings (SSSR count). The van der Waals surface area contributed by atoms with Crippen LogP contribution in [0.3, 0.4) is 0 Å². The maximum atomic E-state index is 12.0. The quantitative estimate of drug-likeness (QED) is 0.797. The molecule has 0 amide bonds. The number of H-pyrrole nitrogens is 1. The van der Waals surface area contributed by atoms with Crippen LogP contribution in [-0.2, 0) is 0 Å². The molecule has 94 valence electrons. The fourth-order valence-corrected chi connectivity index (χ4v) is 2.60. The van der Waals surface area contributed by atoms with Gasteiger partial charge in [0.1, 0.15) is 5.82 Å². The fourth-order valence-electron chi connectivity index (χ4n) is 2.60. The number of pyridine rings is 1. The Balaban J connectivity index is 2.04. The third-order valence-electron chi connectivity index (χ3n) is 3.54. The van der Waals surface area contributed by atoms with E-state index in [0.717, 1.165) is 42.5 Å². The molecule has 2 heterocycles. The number of anilines is 1. The first-order valence-electron chi connectivity index (χ1n) is 6.36. The average Bonchev–Trinajstić information content (AvgIpc) is 2.39. The van der Waals surface area contributed by atoms with Gasteiger partial charge in [-0.05, 0) is 30.4 Å². The van der Waals surface area contributed by atoms with Crippen LogP contribution in [0.1, 0.15) is 12.8 Å². The third-order valence-corrected chi connectivity index (χ3v) is 3.54. The molecule has 2 aromatic rings. The maximum Gasteiger partial charge on any atom is 0.257 e. The molecule has 4 nitrogen and oxygen atoms in total. The topological polar surface area (TPSA) is 62.1 Å². The number of nitrogens with one attached hydrogen (secondary N) is 1. The number of piperidine rings is 1. The van der Waals surface area contributed by atoms with Crippen LogP contribution in [0.15, 0.2) is 35.1 Å². The molecule has 4 heteroatoms. The van der Waals surface area contributed by atoms with Crippen LogP contribution in [-0.4, -0.2) is 24.1 Å². The zero-order chi connectivity index (χ0) is 12.5. The van der Waals surface area contributed by atoms with Crippen molar-refractivity contribution in [3.63, 3.8) is 0 Å². The summed E-state index contributed by atoms with van der Waals surface area (Å²) in [5, 5.41) is 1.72. The van der Waals surface area contributed by atoms with Crippen molar-refractivity contribution in [2.24, 2.45) is 5.73 Å². The van der Waals surface area contributed by atoms with Crippen LogP contribution in [0.4, 0.5) is 5.82 Å². The van der Waals surface area contributed by atoms with Gasteiger partial charge in [0.05, 0.1) is 0 Å². The third kappa shape index (κ3) is 1.99. The SMILES string of the molecule is N[C@@H]1CCCN(c2cc3ccccc3c(=O)[nH]2)C1. The van der Waals surface area contributed by atoms with E-state index in [2.05, 4.69) is 9.88 Å². The van der Waals surface area contributed by atoms with Gasteiger partial charge in [0, 0.05) is 24.5 Å². The van der Waals surface area contributed by atoms with E-state index in [1.54, 1.807) is 0 Å². The van der Waals surface area contributed by atoms with Crippen LogP contribution < -0.4 is 16.2 Å². The second-order valence-electron chi connectivity index (χ2n) is 4.92. The number of aromatic amines is 1. The summed E-state index contributed by atoms with van der Waals surface area (Å²) in [6, 6.07) is 9.89. The summed E-state index contributed by atoms with van der Waals surface area (Å²) >= 11 is 0. The smallest absolute Gasteiger partial charge is 0.257 e. The van der Waals surface area contributed by atoms with E-state index in [1.807, 2.05) is 30.3 Å². The normalized spacial score (nSPS) is 20.3. The monoisotopic (exact) mass is 243 g/mol. The zero-order valence-electron chi connectivity index (χ0n) is 10.2. The molecule has 0 radical (unpaired) electrons. The minimum absolute atomic E-state index is 0.0257. The summed E-state index contributed by atoms with van der Waals surface area (Å²) in [6.07, 6.45) is 2.14. The fraction of sp³-hybridized carbons (Fsp3) is 0.357. The summed E-state index contributed by atoms with van der Waals surface area (Å²) in [7, 11) is 0. The summed E-state index contributed by atoms with van der Waals surface area (Å²) < 4.78 is 0. The van der Waals surface area contributed by atoms with Crippen molar-refractivity contribution in [3.05, 3.63) is 40.7 Å². The van der Waals surface area contributed by atoms with Gasteiger partial charge in [-0.2, -0.15) is 0 Å². The van der Waals surface area contributed by atoms with Crippen LogP contribution in [0, 0.1) is 0 Å². The van der Waals surface area contributed by atoms with E-state index in [0.29, 0.717) is 0 Å². The minimum atomic E-state index is -0.0257. The summed E-state index contributed by atoms with van der Waals surface area (Å²) in [5.74, 6) is 0.883. The molecule has 0 unspecified atom stereocenters. The molecule has 0 aliphatic carbocycles. The van der Waals surface area contributed by atoms with E-state index >= 15 is 0 Å². The molecule has 1 saturated heterocycles. The Bertz CT molecular complexity index is 620. The van der Waals surface area contributed by atoms with Crippen LogP contribution in [0.2, 0.25) is 0 Å². The first kappa shape index (κ1) is 11.3. The number of hydrogen-bond donors (Lipinski definition) is 2. The number of hydrogen-bond acceptors (Lipinski definition) is 3. The van der Waals surface area contributed by atoms with E-state index in [1.165, 1.54) is 0 Å². The second-order valence-corrected chi connectivity index (χ2v) is 4.92. The second kappa shape index (κ2) is 4.46. The Morgan fingerprint density at radius 1 is 1.33 bits per heavy atom. The van der Waals surface area contributed by atoms with Crippen LogP contribution >= 0.6 is 0 Å². The standard InChI is InChI=1S/C14H17N3O/c15-11-5-3-7-17(9-11)13-8-10-4-1-2-6-12(10)14(18)16-13/h1-2,4,6,8,11H,3,5,7,9,15H2,(H,16,18)/t11-/m1/s1. The Hall–Kier alpha value is -1.81. The maximum absolute atomic E-state index is 12.0. The van der Waals surface area contributed by atoms with Gasteiger partial charge in [-0.1, -0.05) is 18.2 Å². The molecule has 1 aliphatic rings. The zero-order valence-corrected chi connectivity index (χ0v) is 10.2. The summed E-state index contributed by atoms with van der Waals surface area (Å²) in [5.41, 5.74) is 5.95. The highest BCUT2D eigenvalue weighted by atomic mass is 16.1. The van der Waals surface area contributed by atoms with Gasteiger partial charge in [0.25, 0.3) is 5.56 Å². The number of rotatable bonds is 1. The minimum Gasteiger partial charge on any atom is -0.357 e. The van der Waals surface area contributed by atoms with Gasteiger partial charge in [0.15, 0.2) is 0 Å². The van der Waals surface area contributed by atoms with Crippen molar-refractivity contribution < 1.29 is 0 Å². The average molecular weight is 243 g/mol. The molecule has 0 bridgehead atoms. The molecule has 3 N–H and O–H groups in total. The molecule has 1 aromatic heterocycles. The highest BCUT2D eigenvalue weighted by Crippen LogP contribution is 2.19. The number of nitrogens with two attached hydrogens (primary N) is 1. The van der Waals surface area contributed by atoms with E-state index in [4.69, 9.17) is 5.73 Å². The number of benzene rings is 1. The Kier molecular flexibility index (Phi) is 2.80. The predicted molar refractivity (Wildman–Crippen MR) is 74.0 cm³/mol. The van der Waals surface area contributed by atoms with Gasteiger partial charge in [0.2, 0.25) is 0 Å². The lowest BCUT2D eigenvalue weighted by Crippen LogP contribution is -2.43. The Labute approximate surface area is 105 Å². The lowest BCUT2D eigenvalue weighted by atomic mass is 10.1. The Morgan fingerprint density at radius 3 is 3.00 bits per heavy atom. The number of fused-ring (bicyclic) bond motifs is 1. The molecule has 1 fully saturated rings. The lowest BCUT2D eigenvalue weighted by Gasteiger charge is -2.32. The number of aromatic nitrogens is 1. The van der Waals surface area contributed by atoms with Crippen molar-refractivity contribution in [1.29, 1.82) is 0 Å². The van der Waals surface area contributed by atoms with Gasteiger partial charge < -0.3 is 15.6 Å². The van der Waals surface area contributed by atoms with Gasteiger partial charge in [-0.15, -0.1) is 0 Å². The van der Waals surface area contributed by atoms with Crippen molar-refractivity contribution in [1.82, 2.24) is 4.98 Å². The van der Waals surface area contributed by atoms with Crippen LogP contribution in [0.25, 0.3) is 10.8 Å². The molecule has 0 saturated carbocycles. The molecular weight excluding hydrogens is 226 g/mol. The molecule has 0 spiro atoms. The molecule has 1 aliphatic heterocycles. The number of nitrogens with zero attached hydrogens (tertiary/aromatic N) is 1. The van der Waals surface area contributed by atoms with Crippen molar-refractivity contribution in [3.8, 4) is 0 Å². The largest absolute Gasteiger partial charge is 0.357 e. The first-order valence-corrected chi connectivity index (χ1v) is 6.36. The van der Waals surface area contributed by atoms with Crippen molar-refractivity contribution in [2.75, 3.05) is 18.0 Å². The molecule has 1 atom stereocenters. The van der Waals surface area contributed by atoms with Gasteiger partial charge >= 0.3 is 0 Å². The van der Waals surface area contributed by atoms with E-state index in [-0.39, 0.29) is 11.6 Å². The molecule has 1 aromatic carbocycles. The summed E-state index contributed by atoms with van der Waals surface area (Å²) in [4.78, 5) is 17.1. The van der Waals surface area contributed by atoms with E-state index < -0.39 is 0 Å². The highest BCUT2D eigenvalue weighted by molar-refractivity contribution is 5.83. The van der Waals surface area contributed by atoms with Crippen molar-refractivity contribution >= 4 is 16.6 Å². The predicted octanol–water partition coefficient (Wildman–Crippen LogP) is 1.46. The molecular formula is C14H17N3O. The van der Waals surface area contributed by atoms with E-state index in [9.17, 15) is 4.79 Å². The first-order chi connectivity index (χ1) is 8.74. The molecule has 18 heavy (non-hydrogen) atoms. The highest BCUT2D eigenvalue weighted by Gasteiger charge is 2.18. The lowest BCUT2D eigenvalue weighted by molar-refractivity contribution is 0.503. The van der Waals surface area contributed by atoms with Gasteiger partial charge in [-0.3, -0.25) is 4.79 Å². The van der Waals surface area contributed by atoms with Crippen molar-refractivity contribution in [2.45, 2.75) is 18.9 Å². The Morgan fingerprint density at radius 2 is 2.17 bits per heavy atom. The van der Waals surface area contributed by atoms with Gasteiger partial charge in [-0.25, -0.2) is 0 Å².